The number of rotatable bonds is 2. The van der Waals surface area contributed by atoms with Gasteiger partial charge in [0.1, 0.15) is 0 Å². The number of hydrogen-bond donors (Lipinski definition) is 1. The quantitative estimate of drug-likeness (QED) is 0.849. The number of carbonyl (C=O) groups excluding carboxylic acids is 2. The highest BCUT2D eigenvalue weighted by atomic mass is 35.5. The first-order valence-electron chi connectivity index (χ1n) is 7.15. The number of allylic oxidation sites excluding steroid dienone is 1. The topological polar surface area (TPSA) is 61.2 Å². The molecule has 1 fully saturated rings. The van der Waals surface area contributed by atoms with Gasteiger partial charge in [-0.2, -0.15) is 0 Å². The number of piperidine rings is 1. The highest BCUT2D eigenvalue weighted by Crippen LogP contribution is 2.21. The van der Waals surface area contributed by atoms with Gasteiger partial charge >= 0.3 is 0 Å². The SMILES string of the molecule is CC(=O)/C(C)=C1\CN(C(=O)c2ccc(Cl)c(C)c2)CCC1=N. The van der Waals surface area contributed by atoms with Gasteiger partial charge in [-0.15, -0.1) is 0 Å². The molecule has 1 aromatic rings. The number of hydrogen-bond acceptors (Lipinski definition) is 3. The number of Topliss-reactive ketones (excluding diaryl/α,β-unsaturated/α-hetero) is 1. The summed E-state index contributed by atoms with van der Waals surface area (Å²) in [5, 5.41) is 8.63. The van der Waals surface area contributed by atoms with Gasteiger partial charge < -0.3 is 10.3 Å². The third-order valence-electron chi connectivity index (χ3n) is 4.02. The number of likely N-dealkylation sites (tertiary alicyclic amines) is 1. The van der Waals surface area contributed by atoms with Crippen molar-refractivity contribution < 1.29 is 9.59 Å². The molecule has 1 N–H and O–H groups in total. The van der Waals surface area contributed by atoms with Crippen molar-refractivity contribution in [1.82, 2.24) is 4.90 Å². The van der Waals surface area contributed by atoms with Gasteiger partial charge in [0.15, 0.2) is 5.78 Å². The summed E-state index contributed by atoms with van der Waals surface area (Å²) in [4.78, 5) is 25.8. The lowest BCUT2D eigenvalue weighted by molar-refractivity contribution is -0.113. The number of ketones is 1. The molecule has 0 saturated carbocycles. The van der Waals surface area contributed by atoms with E-state index in [0.717, 1.165) is 5.56 Å². The van der Waals surface area contributed by atoms with Gasteiger partial charge in [-0.25, -0.2) is 0 Å². The molecule has 0 bridgehead atoms. The fraction of sp³-hybridized carbons (Fsp3) is 0.353. The lowest BCUT2D eigenvalue weighted by atomic mass is 9.95. The van der Waals surface area contributed by atoms with Crippen LogP contribution >= 0.6 is 11.6 Å². The molecule has 0 atom stereocenters. The highest BCUT2D eigenvalue weighted by molar-refractivity contribution is 6.31. The molecule has 1 aromatic carbocycles. The minimum atomic E-state index is -0.0962. The van der Waals surface area contributed by atoms with Crippen molar-refractivity contribution in [1.29, 1.82) is 5.41 Å². The molecule has 5 heteroatoms. The van der Waals surface area contributed by atoms with Crippen molar-refractivity contribution in [3.05, 3.63) is 45.5 Å². The summed E-state index contributed by atoms with van der Waals surface area (Å²) in [7, 11) is 0. The Labute approximate surface area is 135 Å². The van der Waals surface area contributed by atoms with E-state index in [9.17, 15) is 9.59 Å². The third-order valence-corrected chi connectivity index (χ3v) is 4.44. The van der Waals surface area contributed by atoms with Crippen molar-refractivity contribution in [2.45, 2.75) is 27.2 Å². The van der Waals surface area contributed by atoms with Gasteiger partial charge in [0.05, 0.1) is 0 Å². The lowest BCUT2D eigenvalue weighted by Crippen LogP contribution is -2.40. The van der Waals surface area contributed by atoms with E-state index >= 15 is 0 Å². The largest absolute Gasteiger partial charge is 0.334 e. The van der Waals surface area contributed by atoms with Crippen LogP contribution in [0.25, 0.3) is 0 Å². The van der Waals surface area contributed by atoms with Crippen LogP contribution in [0.2, 0.25) is 5.02 Å². The zero-order valence-electron chi connectivity index (χ0n) is 13.0. The van der Waals surface area contributed by atoms with E-state index in [1.807, 2.05) is 6.92 Å². The van der Waals surface area contributed by atoms with Crippen LogP contribution in [-0.4, -0.2) is 35.4 Å². The fourth-order valence-electron chi connectivity index (χ4n) is 2.45. The second kappa shape index (κ2) is 6.44. The smallest absolute Gasteiger partial charge is 0.254 e. The Morgan fingerprint density at radius 1 is 1.27 bits per heavy atom. The van der Waals surface area contributed by atoms with E-state index in [2.05, 4.69) is 0 Å². The van der Waals surface area contributed by atoms with Gasteiger partial charge in [-0.05, 0) is 55.7 Å². The van der Waals surface area contributed by atoms with Crippen LogP contribution in [0.3, 0.4) is 0 Å². The summed E-state index contributed by atoms with van der Waals surface area (Å²) in [5.41, 5.74) is 3.11. The van der Waals surface area contributed by atoms with Crippen LogP contribution in [-0.2, 0) is 4.79 Å². The number of nitrogens with zero attached hydrogens (tertiary/aromatic N) is 1. The molecule has 1 amide bonds. The maximum atomic E-state index is 12.6. The Balaban J connectivity index is 2.27. The van der Waals surface area contributed by atoms with Crippen LogP contribution in [0.4, 0.5) is 0 Å². The molecular weight excluding hydrogens is 300 g/mol. The summed E-state index contributed by atoms with van der Waals surface area (Å²) >= 11 is 5.99. The third kappa shape index (κ3) is 3.28. The maximum Gasteiger partial charge on any atom is 0.254 e. The second-order valence-electron chi connectivity index (χ2n) is 5.58. The molecule has 116 valence electrons. The predicted molar refractivity (Wildman–Crippen MR) is 87.8 cm³/mol. The predicted octanol–water partition coefficient (Wildman–Crippen LogP) is 3.42. The molecule has 22 heavy (non-hydrogen) atoms. The van der Waals surface area contributed by atoms with Crippen LogP contribution in [0.15, 0.2) is 29.3 Å². The minimum Gasteiger partial charge on any atom is -0.334 e. The van der Waals surface area contributed by atoms with Crippen LogP contribution in [0, 0.1) is 12.3 Å². The van der Waals surface area contributed by atoms with E-state index in [0.29, 0.717) is 47.0 Å². The van der Waals surface area contributed by atoms with Crippen LogP contribution < -0.4 is 0 Å². The van der Waals surface area contributed by atoms with Crippen LogP contribution in [0.5, 0.6) is 0 Å². The number of carbonyl (C=O) groups is 2. The van der Waals surface area contributed by atoms with Gasteiger partial charge in [0.2, 0.25) is 0 Å². The van der Waals surface area contributed by atoms with Crippen molar-refractivity contribution in [3.8, 4) is 0 Å². The molecule has 1 aliphatic heterocycles. The molecular formula is C17H19ClN2O2. The number of amides is 1. The Hall–Kier alpha value is -1.94. The molecule has 0 spiro atoms. The molecule has 1 heterocycles. The van der Waals surface area contributed by atoms with Gasteiger partial charge in [-0.3, -0.25) is 9.59 Å². The van der Waals surface area contributed by atoms with E-state index < -0.39 is 0 Å². The molecule has 2 rings (SSSR count). The summed E-state index contributed by atoms with van der Waals surface area (Å²) in [6.07, 6.45) is 0.471. The fourth-order valence-corrected chi connectivity index (χ4v) is 2.57. The summed E-state index contributed by atoms with van der Waals surface area (Å²) in [6.45, 7) is 5.86. The van der Waals surface area contributed by atoms with E-state index in [1.165, 1.54) is 6.92 Å². The molecule has 1 aliphatic rings. The molecule has 0 aromatic heterocycles. The average molecular weight is 319 g/mol. The molecule has 0 aliphatic carbocycles. The molecule has 0 unspecified atom stereocenters. The summed E-state index contributed by atoms with van der Waals surface area (Å²) in [5.74, 6) is -0.155. The Kier molecular flexibility index (Phi) is 4.81. The molecule has 4 nitrogen and oxygen atoms in total. The maximum absolute atomic E-state index is 12.6. The van der Waals surface area contributed by atoms with Crippen molar-refractivity contribution >= 4 is 29.0 Å². The first kappa shape index (κ1) is 16.4. The number of aryl methyl sites for hydroxylation is 1. The summed E-state index contributed by atoms with van der Waals surface area (Å²) in [6, 6.07) is 5.19. The van der Waals surface area contributed by atoms with Gasteiger partial charge in [-0.1, -0.05) is 11.6 Å². The zero-order valence-corrected chi connectivity index (χ0v) is 13.8. The number of nitrogens with one attached hydrogen (secondary N) is 1. The second-order valence-corrected chi connectivity index (χ2v) is 5.99. The lowest BCUT2D eigenvalue weighted by Gasteiger charge is -2.30. The Bertz CT molecular complexity index is 692. The van der Waals surface area contributed by atoms with Gasteiger partial charge in [0.25, 0.3) is 5.91 Å². The van der Waals surface area contributed by atoms with E-state index in [4.69, 9.17) is 17.0 Å². The molecule has 0 radical (unpaired) electrons. The Morgan fingerprint density at radius 2 is 1.95 bits per heavy atom. The number of benzene rings is 1. The Morgan fingerprint density at radius 3 is 2.55 bits per heavy atom. The van der Waals surface area contributed by atoms with Gasteiger partial charge in [0, 0.05) is 35.8 Å². The monoisotopic (exact) mass is 318 g/mol. The standard InChI is InChI=1S/C17H19ClN2O2/c1-10-8-13(4-5-15(10)18)17(22)20-7-6-16(19)14(9-20)11(2)12(3)21/h4-5,8,19H,6-7,9H2,1-3H3/b14-11+,19-16?. The van der Waals surface area contributed by atoms with Crippen LogP contribution in [0.1, 0.15) is 36.2 Å². The van der Waals surface area contributed by atoms with E-state index in [1.54, 1.807) is 30.0 Å². The molecule has 1 saturated heterocycles. The van der Waals surface area contributed by atoms with E-state index in [-0.39, 0.29) is 11.7 Å². The van der Waals surface area contributed by atoms with Crippen molar-refractivity contribution in [2.75, 3.05) is 13.1 Å². The highest BCUT2D eigenvalue weighted by Gasteiger charge is 2.26. The van der Waals surface area contributed by atoms with Crippen molar-refractivity contribution in [2.24, 2.45) is 0 Å². The van der Waals surface area contributed by atoms with Crippen molar-refractivity contribution in [3.63, 3.8) is 0 Å². The summed E-state index contributed by atoms with van der Waals surface area (Å²) < 4.78 is 0. The normalized spacial score (nSPS) is 17.5. The zero-order chi connectivity index (χ0) is 16.4. The average Bonchev–Trinajstić information content (AvgIpc) is 2.49. The first-order chi connectivity index (χ1) is 10.3. The number of halogens is 1. The minimum absolute atomic E-state index is 0.0589. The first-order valence-corrected chi connectivity index (χ1v) is 7.53.